The summed E-state index contributed by atoms with van der Waals surface area (Å²) in [5.74, 6) is 0. The van der Waals surface area contributed by atoms with Crippen molar-refractivity contribution < 1.29 is 4.74 Å². The van der Waals surface area contributed by atoms with Crippen molar-refractivity contribution in [2.45, 2.75) is 38.4 Å². The molecule has 0 amide bonds. The van der Waals surface area contributed by atoms with E-state index >= 15 is 0 Å². The van der Waals surface area contributed by atoms with Gasteiger partial charge in [-0.3, -0.25) is 0 Å². The zero-order valence-corrected chi connectivity index (χ0v) is 10.4. The lowest BCUT2D eigenvalue weighted by molar-refractivity contribution is 0.0342. The van der Waals surface area contributed by atoms with Crippen LogP contribution in [0.25, 0.3) is 0 Å². The highest BCUT2D eigenvalue weighted by molar-refractivity contribution is 6.78. The highest BCUT2D eigenvalue weighted by Gasteiger charge is 2.46. The van der Waals surface area contributed by atoms with Gasteiger partial charge in [-0.05, 0) is 18.1 Å². The van der Waals surface area contributed by atoms with E-state index in [1.165, 1.54) is 11.1 Å². The van der Waals surface area contributed by atoms with Crippen molar-refractivity contribution in [2.24, 2.45) is 0 Å². The third-order valence-electron chi connectivity index (χ3n) is 3.48. The number of hydrogen-bond donors (Lipinski definition) is 0. The fraction of sp³-hybridized carbons (Fsp3) is 0.500. The van der Waals surface area contributed by atoms with Gasteiger partial charge < -0.3 is 4.74 Å². The second-order valence-corrected chi connectivity index (χ2v) is 10.7. The van der Waals surface area contributed by atoms with E-state index in [0.717, 1.165) is 6.61 Å². The molecule has 0 aromatic heterocycles. The number of rotatable bonds is 1. The summed E-state index contributed by atoms with van der Waals surface area (Å²) in [5.41, 5.74) is 2.79. The van der Waals surface area contributed by atoms with Gasteiger partial charge in [-0.15, -0.1) is 0 Å². The largest absolute Gasteiger partial charge is 0.370 e. The van der Waals surface area contributed by atoms with E-state index in [1.807, 2.05) is 0 Å². The van der Waals surface area contributed by atoms with Crippen LogP contribution in [0.1, 0.15) is 18.1 Å². The minimum atomic E-state index is -1.32. The van der Waals surface area contributed by atoms with Gasteiger partial charge in [0.25, 0.3) is 0 Å². The van der Waals surface area contributed by atoms with E-state index in [-0.39, 0.29) is 5.22 Å². The van der Waals surface area contributed by atoms with Crippen LogP contribution in [0.2, 0.25) is 19.6 Å². The van der Waals surface area contributed by atoms with Gasteiger partial charge in [0.05, 0.1) is 19.9 Å². The molecule has 1 heterocycles. The normalized spacial score (nSPS) is 26.3. The molecular weight excluding hydrogens is 188 g/mol. The molecule has 76 valence electrons. The first-order valence-corrected chi connectivity index (χ1v) is 8.67. The van der Waals surface area contributed by atoms with E-state index in [9.17, 15) is 0 Å². The highest BCUT2D eigenvalue weighted by atomic mass is 28.3. The first kappa shape index (κ1) is 9.93. The fourth-order valence-corrected chi connectivity index (χ4v) is 3.59. The molecule has 0 aliphatic carbocycles. The standard InChI is InChI=1S/C12H18OSi/c1-12(14(2,3)4)11-8-6-5-7-10(11)9-13-12/h5-8H,9H2,1-4H3. The van der Waals surface area contributed by atoms with Gasteiger partial charge in [0.15, 0.2) is 0 Å². The van der Waals surface area contributed by atoms with Crippen molar-refractivity contribution in [1.29, 1.82) is 0 Å². The third kappa shape index (κ3) is 1.25. The van der Waals surface area contributed by atoms with Crippen LogP contribution < -0.4 is 0 Å². The third-order valence-corrected chi connectivity index (χ3v) is 6.75. The summed E-state index contributed by atoms with van der Waals surface area (Å²) in [6, 6.07) is 8.62. The summed E-state index contributed by atoms with van der Waals surface area (Å²) in [7, 11) is -1.32. The summed E-state index contributed by atoms with van der Waals surface area (Å²) >= 11 is 0. The molecule has 1 atom stereocenters. The molecule has 2 heteroatoms. The molecule has 0 saturated heterocycles. The lowest BCUT2D eigenvalue weighted by Crippen LogP contribution is -2.46. The molecule has 0 radical (unpaired) electrons. The predicted octanol–water partition coefficient (Wildman–Crippen LogP) is 3.31. The smallest absolute Gasteiger partial charge is 0.0878 e. The maximum absolute atomic E-state index is 6.04. The number of fused-ring (bicyclic) bond motifs is 1. The molecule has 0 fully saturated rings. The Morgan fingerprint density at radius 2 is 1.86 bits per heavy atom. The Balaban J connectivity index is 2.53. The quantitative estimate of drug-likeness (QED) is 0.641. The first-order valence-electron chi connectivity index (χ1n) is 5.17. The molecule has 2 rings (SSSR count). The molecule has 1 aliphatic rings. The molecular formula is C12H18OSi. The van der Waals surface area contributed by atoms with E-state index < -0.39 is 8.07 Å². The van der Waals surface area contributed by atoms with Crippen molar-refractivity contribution in [3.63, 3.8) is 0 Å². The van der Waals surface area contributed by atoms with E-state index in [4.69, 9.17) is 4.74 Å². The molecule has 0 N–H and O–H groups in total. The van der Waals surface area contributed by atoms with Gasteiger partial charge in [-0.1, -0.05) is 43.9 Å². The molecule has 1 aromatic carbocycles. The molecule has 1 aliphatic heterocycles. The molecule has 0 saturated carbocycles. The summed E-state index contributed by atoms with van der Waals surface area (Å²) < 4.78 is 6.04. The van der Waals surface area contributed by atoms with E-state index in [0.29, 0.717) is 0 Å². The maximum atomic E-state index is 6.04. The minimum Gasteiger partial charge on any atom is -0.370 e. The highest BCUT2D eigenvalue weighted by Crippen LogP contribution is 2.42. The fourth-order valence-electron chi connectivity index (χ4n) is 2.03. The summed E-state index contributed by atoms with van der Waals surface area (Å²) in [4.78, 5) is 0. The molecule has 1 unspecified atom stereocenters. The lowest BCUT2D eigenvalue weighted by atomic mass is 10.1. The molecule has 1 aromatic rings. The van der Waals surface area contributed by atoms with Crippen molar-refractivity contribution in [3.8, 4) is 0 Å². The molecule has 0 spiro atoms. The van der Waals surface area contributed by atoms with Gasteiger partial charge >= 0.3 is 0 Å². The molecule has 14 heavy (non-hydrogen) atoms. The van der Waals surface area contributed by atoms with Crippen LogP contribution in [0.3, 0.4) is 0 Å². The Hall–Kier alpha value is -0.603. The van der Waals surface area contributed by atoms with Crippen LogP contribution in [0.4, 0.5) is 0 Å². The molecule has 0 bridgehead atoms. The Kier molecular flexibility index (Phi) is 2.09. The monoisotopic (exact) mass is 206 g/mol. The lowest BCUT2D eigenvalue weighted by Gasteiger charge is -2.37. The van der Waals surface area contributed by atoms with E-state index in [2.05, 4.69) is 50.8 Å². The van der Waals surface area contributed by atoms with Crippen LogP contribution in [0, 0.1) is 0 Å². The zero-order chi connectivity index (χ0) is 10.4. The van der Waals surface area contributed by atoms with Crippen LogP contribution in [-0.2, 0) is 16.6 Å². The van der Waals surface area contributed by atoms with Gasteiger partial charge in [0.2, 0.25) is 0 Å². The summed E-state index contributed by atoms with van der Waals surface area (Å²) in [6.45, 7) is 10.2. The van der Waals surface area contributed by atoms with Gasteiger partial charge in [-0.2, -0.15) is 0 Å². The van der Waals surface area contributed by atoms with Gasteiger partial charge in [-0.25, -0.2) is 0 Å². The maximum Gasteiger partial charge on any atom is 0.0878 e. The van der Waals surface area contributed by atoms with Crippen molar-refractivity contribution in [2.75, 3.05) is 0 Å². The topological polar surface area (TPSA) is 9.23 Å². The number of hydrogen-bond acceptors (Lipinski definition) is 1. The van der Waals surface area contributed by atoms with Crippen molar-refractivity contribution in [3.05, 3.63) is 35.4 Å². The van der Waals surface area contributed by atoms with Crippen LogP contribution >= 0.6 is 0 Å². The zero-order valence-electron chi connectivity index (χ0n) is 9.42. The van der Waals surface area contributed by atoms with Gasteiger partial charge in [0, 0.05) is 0 Å². The average molecular weight is 206 g/mol. The second-order valence-electron chi connectivity index (χ2n) is 5.23. The Labute approximate surface area is 87.1 Å². The van der Waals surface area contributed by atoms with E-state index in [1.54, 1.807) is 0 Å². The van der Waals surface area contributed by atoms with Crippen LogP contribution in [-0.4, -0.2) is 8.07 Å². The summed E-state index contributed by atoms with van der Waals surface area (Å²) in [6.07, 6.45) is 0. The Morgan fingerprint density at radius 1 is 1.21 bits per heavy atom. The predicted molar refractivity (Wildman–Crippen MR) is 61.9 cm³/mol. The van der Waals surface area contributed by atoms with Crippen molar-refractivity contribution in [1.82, 2.24) is 0 Å². The second kappa shape index (κ2) is 2.94. The van der Waals surface area contributed by atoms with Gasteiger partial charge in [0.1, 0.15) is 0 Å². The number of benzene rings is 1. The van der Waals surface area contributed by atoms with Crippen LogP contribution in [0.5, 0.6) is 0 Å². The van der Waals surface area contributed by atoms with Crippen molar-refractivity contribution >= 4 is 8.07 Å². The Morgan fingerprint density at radius 3 is 2.50 bits per heavy atom. The average Bonchev–Trinajstić information content (AvgIpc) is 2.45. The number of ether oxygens (including phenoxy) is 1. The summed E-state index contributed by atoms with van der Waals surface area (Å²) in [5, 5.41) is 0.00356. The minimum absolute atomic E-state index is 0.00356. The molecule has 1 nitrogen and oxygen atoms in total. The first-order chi connectivity index (χ1) is 6.45. The Bertz CT molecular complexity index is 354. The SMILES string of the molecule is CC1([Si](C)(C)C)OCc2ccccc21. The van der Waals surface area contributed by atoms with Crippen LogP contribution in [0.15, 0.2) is 24.3 Å².